The van der Waals surface area contributed by atoms with Crippen molar-refractivity contribution in [1.82, 2.24) is 5.43 Å². The summed E-state index contributed by atoms with van der Waals surface area (Å²) in [5.74, 6) is 0.338. The van der Waals surface area contributed by atoms with E-state index in [9.17, 15) is 9.90 Å². The van der Waals surface area contributed by atoms with Crippen molar-refractivity contribution in [3.05, 3.63) is 23.3 Å². The second-order valence-corrected chi connectivity index (χ2v) is 3.32. The number of benzene rings is 1. The summed E-state index contributed by atoms with van der Waals surface area (Å²) in [7, 11) is 1.47. The molecule has 0 aromatic heterocycles. The molecule has 1 rings (SSSR count). The third kappa shape index (κ3) is 3.37. The number of hydrogen-bond donors (Lipinski definition) is 3. The Morgan fingerprint density at radius 3 is 2.88 bits per heavy atom. The maximum atomic E-state index is 10.4. The first-order valence-corrected chi connectivity index (χ1v) is 5.06. The second-order valence-electron chi connectivity index (χ2n) is 3.32. The van der Waals surface area contributed by atoms with Gasteiger partial charge in [0.2, 0.25) is 0 Å². The van der Waals surface area contributed by atoms with Crippen molar-refractivity contribution in [2.75, 3.05) is 7.11 Å². The molecule has 0 saturated heterocycles. The van der Waals surface area contributed by atoms with Crippen LogP contribution in [0.3, 0.4) is 0 Å². The molecule has 1 aromatic rings. The van der Waals surface area contributed by atoms with Crippen LogP contribution < -0.4 is 15.9 Å². The molecule has 0 aliphatic heterocycles. The number of rotatable bonds is 4. The van der Waals surface area contributed by atoms with E-state index in [-0.39, 0.29) is 5.75 Å². The zero-order chi connectivity index (χ0) is 12.8. The fourth-order valence-electron chi connectivity index (χ4n) is 1.31. The predicted molar refractivity (Wildman–Crippen MR) is 64.3 cm³/mol. The zero-order valence-corrected chi connectivity index (χ0v) is 9.73. The van der Waals surface area contributed by atoms with Crippen molar-refractivity contribution in [2.24, 2.45) is 10.8 Å². The smallest absolute Gasteiger partial charge is 0.332 e. The van der Waals surface area contributed by atoms with Gasteiger partial charge in [-0.25, -0.2) is 10.2 Å². The Kier molecular flexibility index (Phi) is 4.33. The number of nitrogens with one attached hydrogen (secondary N) is 1. The maximum absolute atomic E-state index is 10.4. The van der Waals surface area contributed by atoms with Gasteiger partial charge in [0.25, 0.3) is 0 Å². The molecule has 0 unspecified atom stereocenters. The van der Waals surface area contributed by atoms with Crippen molar-refractivity contribution in [3.63, 3.8) is 0 Å². The van der Waals surface area contributed by atoms with Crippen LogP contribution in [-0.2, 0) is 6.42 Å². The van der Waals surface area contributed by atoms with Gasteiger partial charge in [-0.3, -0.25) is 0 Å². The number of nitrogens with zero attached hydrogens (tertiary/aromatic N) is 1. The number of urea groups is 1. The highest BCUT2D eigenvalue weighted by Gasteiger charge is 2.08. The lowest BCUT2D eigenvalue weighted by Crippen LogP contribution is -2.24. The van der Waals surface area contributed by atoms with Crippen LogP contribution >= 0.6 is 0 Å². The molecule has 6 heteroatoms. The highest BCUT2D eigenvalue weighted by Crippen LogP contribution is 2.30. The number of methoxy groups -OCH3 is 1. The summed E-state index contributed by atoms with van der Waals surface area (Å²) >= 11 is 0. The number of amides is 2. The van der Waals surface area contributed by atoms with Crippen LogP contribution in [0.5, 0.6) is 11.5 Å². The van der Waals surface area contributed by atoms with Crippen molar-refractivity contribution < 1.29 is 14.6 Å². The summed E-state index contributed by atoms with van der Waals surface area (Å²) in [4.78, 5) is 10.4. The number of phenolic OH excluding ortho intramolecular Hbond substituents is 1. The van der Waals surface area contributed by atoms with Crippen molar-refractivity contribution in [3.8, 4) is 11.5 Å². The highest BCUT2D eigenvalue weighted by molar-refractivity contribution is 5.86. The number of aromatic hydroxyl groups is 1. The monoisotopic (exact) mass is 237 g/mol. The number of nitrogens with two attached hydrogens (primary N) is 1. The molecule has 0 radical (unpaired) electrons. The van der Waals surface area contributed by atoms with E-state index in [4.69, 9.17) is 10.5 Å². The molecule has 1 aromatic carbocycles. The van der Waals surface area contributed by atoms with Gasteiger partial charge < -0.3 is 15.6 Å². The van der Waals surface area contributed by atoms with Crippen LogP contribution in [0.4, 0.5) is 4.79 Å². The summed E-state index contributed by atoms with van der Waals surface area (Å²) in [5.41, 5.74) is 8.35. The molecule has 4 N–H and O–H groups in total. The molecule has 0 heterocycles. The van der Waals surface area contributed by atoms with Crippen LogP contribution in [0.25, 0.3) is 0 Å². The lowest BCUT2D eigenvalue weighted by Gasteiger charge is -2.08. The molecule has 0 aliphatic carbocycles. The number of carbonyl (C=O) groups excluding carboxylic acids is 1. The minimum Gasteiger partial charge on any atom is -0.504 e. The largest absolute Gasteiger partial charge is 0.504 e. The van der Waals surface area contributed by atoms with Crippen LogP contribution in [-0.4, -0.2) is 24.5 Å². The number of hydrazone groups is 1. The summed E-state index contributed by atoms with van der Waals surface area (Å²) in [6.07, 6.45) is 2.10. The zero-order valence-electron chi connectivity index (χ0n) is 9.73. The molecule has 2 amide bonds. The Hall–Kier alpha value is -2.24. The highest BCUT2D eigenvalue weighted by atomic mass is 16.5. The van der Waals surface area contributed by atoms with Gasteiger partial charge in [-0.15, -0.1) is 0 Å². The standard InChI is InChI=1S/C11H15N3O3/c1-3-7-4-8(6-13-14-11(12)16)10(15)9(5-7)17-2/h4-6,15H,3H2,1-2H3,(H3,12,14,16). The Bertz CT molecular complexity index is 444. The molecule has 0 saturated carbocycles. The average molecular weight is 237 g/mol. The lowest BCUT2D eigenvalue weighted by molar-refractivity contribution is 0.249. The van der Waals surface area contributed by atoms with Crippen LogP contribution in [0, 0.1) is 0 Å². The fourth-order valence-corrected chi connectivity index (χ4v) is 1.31. The van der Waals surface area contributed by atoms with Crippen molar-refractivity contribution in [1.29, 1.82) is 0 Å². The number of carbonyl (C=O) groups is 1. The molecule has 0 spiro atoms. The molecule has 0 atom stereocenters. The van der Waals surface area contributed by atoms with Crippen molar-refractivity contribution >= 4 is 12.2 Å². The molecule has 0 aliphatic rings. The number of hydrogen-bond acceptors (Lipinski definition) is 4. The van der Waals surface area contributed by atoms with E-state index < -0.39 is 6.03 Å². The molecule has 6 nitrogen and oxygen atoms in total. The minimum absolute atomic E-state index is 0.0280. The molecule has 17 heavy (non-hydrogen) atoms. The van der Waals surface area contributed by atoms with E-state index in [0.29, 0.717) is 11.3 Å². The van der Waals surface area contributed by atoms with E-state index in [1.807, 2.05) is 6.92 Å². The summed E-state index contributed by atoms with van der Waals surface area (Å²) in [6.45, 7) is 1.98. The SMILES string of the molecule is CCc1cc(C=NNC(N)=O)c(O)c(OC)c1. The molecule has 92 valence electrons. The Morgan fingerprint density at radius 2 is 2.35 bits per heavy atom. The van der Waals surface area contributed by atoms with Gasteiger partial charge in [-0.2, -0.15) is 5.10 Å². The van der Waals surface area contributed by atoms with Gasteiger partial charge in [0.15, 0.2) is 11.5 Å². The lowest BCUT2D eigenvalue weighted by atomic mass is 10.1. The third-order valence-electron chi connectivity index (χ3n) is 2.17. The first-order chi connectivity index (χ1) is 8.08. The van der Waals surface area contributed by atoms with Gasteiger partial charge in [0, 0.05) is 5.56 Å². The van der Waals surface area contributed by atoms with Gasteiger partial charge in [0.05, 0.1) is 13.3 Å². The molecule has 0 fully saturated rings. The Morgan fingerprint density at radius 1 is 1.65 bits per heavy atom. The van der Waals surface area contributed by atoms with Crippen LogP contribution in [0.15, 0.2) is 17.2 Å². The number of phenols is 1. The fraction of sp³-hybridized carbons (Fsp3) is 0.273. The van der Waals surface area contributed by atoms with E-state index in [2.05, 4.69) is 10.5 Å². The first-order valence-electron chi connectivity index (χ1n) is 5.06. The molecular formula is C11H15N3O3. The van der Waals surface area contributed by atoms with Gasteiger partial charge in [-0.05, 0) is 24.1 Å². The van der Waals surface area contributed by atoms with Gasteiger partial charge in [0.1, 0.15) is 0 Å². The number of primary amides is 1. The van der Waals surface area contributed by atoms with Crippen molar-refractivity contribution in [2.45, 2.75) is 13.3 Å². The molecular weight excluding hydrogens is 222 g/mol. The normalized spacial score (nSPS) is 10.5. The summed E-state index contributed by atoms with van der Waals surface area (Å²) in [5, 5.41) is 13.4. The maximum Gasteiger partial charge on any atom is 0.332 e. The minimum atomic E-state index is -0.764. The Labute approximate surface area is 99.1 Å². The van der Waals surface area contributed by atoms with Crippen LogP contribution in [0.2, 0.25) is 0 Å². The topological polar surface area (TPSA) is 96.9 Å². The number of aryl methyl sites for hydroxylation is 1. The van der Waals surface area contributed by atoms with Crippen LogP contribution in [0.1, 0.15) is 18.1 Å². The van der Waals surface area contributed by atoms with Gasteiger partial charge >= 0.3 is 6.03 Å². The quantitative estimate of drug-likeness (QED) is 0.537. The predicted octanol–water partition coefficient (Wildman–Crippen LogP) is 0.965. The third-order valence-corrected chi connectivity index (χ3v) is 2.17. The average Bonchev–Trinajstić information content (AvgIpc) is 2.31. The second kappa shape index (κ2) is 5.74. The van der Waals surface area contributed by atoms with E-state index >= 15 is 0 Å². The van der Waals surface area contributed by atoms with E-state index in [1.165, 1.54) is 13.3 Å². The van der Waals surface area contributed by atoms with E-state index in [0.717, 1.165) is 12.0 Å². The summed E-state index contributed by atoms with van der Waals surface area (Å²) in [6, 6.07) is 2.73. The number of ether oxygens (including phenoxy) is 1. The van der Waals surface area contributed by atoms with E-state index in [1.54, 1.807) is 12.1 Å². The van der Waals surface area contributed by atoms with Gasteiger partial charge in [-0.1, -0.05) is 6.92 Å². The first kappa shape index (κ1) is 12.8. The summed E-state index contributed by atoms with van der Waals surface area (Å²) < 4.78 is 5.03. The Balaban J connectivity index is 3.04. The molecule has 0 bridgehead atoms.